The van der Waals surface area contributed by atoms with Crippen LogP contribution in [0.5, 0.6) is 0 Å². The number of halogens is 2. The Kier molecular flexibility index (Phi) is 2.40. The molecule has 76 valence electrons. The average molecular weight is 232 g/mol. The van der Waals surface area contributed by atoms with Gasteiger partial charge in [-0.2, -0.15) is 0 Å². The van der Waals surface area contributed by atoms with Gasteiger partial charge < -0.3 is 5.32 Å². The molecular weight excluding hydrogens is 221 g/mol. The average Bonchev–Trinajstić information content (AvgIpc) is 2.07. The highest BCUT2D eigenvalue weighted by atomic mass is 35.5. The number of anilines is 1. The monoisotopic (exact) mass is 231 g/mol. The van der Waals surface area contributed by atoms with E-state index in [1.807, 2.05) is 0 Å². The van der Waals surface area contributed by atoms with Crippen molar-refractivity contribution in [2.75, 3.05) is 11.9 Å². The normalized spacial score (nSPS) is 18.6. The first-order valence-electron chi connectivity index (χ1n) is 4.40. The first-order valence-corrected chi connectivity index (χ1v) is 5.59. The Bertz CT molecular complexity index is 379. The molecule has 0 saturated heterocycles. The standard InChI is InChI=1S/C10H11ClFNS/c1-10(2)5-13-8-4-7(12)6(11)3-9(8)14-10/h3-4,13H,5H2,1-2H3. The Hall–Kier alpha value is -0.410. The van der Waals surface area contributed by atoms with Crippen LogP contribution in [0, 0.1) is 5.82 Å². The highest BCUT2D eigenvalue weighted by Gasteiger charge is 2.26. The summed E-state index contributed by atoms with van der Waals surface area (Å²) in [5.41, 5.74) is 0.844. The molecule has 0 bridgehead atoms. The number of fused-ring (bicyclic) bond motifs is 1. The second kappa shape index (κ2) is 3.31. The van der Waals surface area contributed by atoms with Crippen LogP contribution < -0.4 is 5.32 Å². The SMILES string of the molecule is CC1(C)CNc2cc(F)c(Cl)cc2S1. The van der Waals surface area contributed by atoms with E-state index < -0.39 is 0 Å². The van der Waals surface area contributed by atoms with Crippen LogP contribution in [0.15, 0.2) is 17.0 Å². The van der Waals surface area contributed by atoms with Crippen molar-refractivity contribution in [3.8, 4) is 0 Å². The minimum atomic E-state index is -0.363. The van der Waals surface area contributed by atoms with Crippen LogP contribution in [-0.2, 0) is 0 Å². The Morgan fingerprint density at radius 2 is 2.21 bits per heavy atom. The summed E-state index contributed by atoms with van der Waals surface area (Å²) in [7, 11) is 0. The maximum absolute atomic E-state index is 13.1. The largest absolute Gasteiger partial charge is 0.383 e. The number of nitrogens with one attached hydrogen (secondary N) is 1. The second-order valence-electron chi connectivity index (χ2n) is 3.98. The molecule has 1 aromatic rings. The van der Waals surface area contributed by atoms with Gasteiger partial charge >= 0.3 is 0 Å². The van der Waals surface area contributed by atoms with Crippen molar-refractivity contribution in [2.45, 2.75) is 23.5 Å². The van der Waals surface area contributed by atoms with Gasteiger partial charge in [-0.3, -0.25) is 0 Å². The molecule has 1 aliphatic heterocycles. The maximum Gasteiger partial charge on any atom is 0.143 e. The molecule has 0 fully saturated rings. The zero-order valence-corrected chi connectivity index (χ0v) is 9.60. The Balaban J connectivity index is 2.43. The van der Waals surface area contributed by atoms with E-state index in [2.05, 4.69) is 19.2 Å². The highest BCUT2D eigenvalue weighted by molar-refractivity contribution is 8.00. The molecule has 0 saturated carbocycles. The number of hydrogen-bond acceptors (Lipinski definition) is 2. The Morgan fingerprint density at radius 3 is 2.93 bits per heavy atom. The first kappa shape index (κ1) is 10.1. The number of hydrogen-bond donors (Lipinski definition) is 1. The molecule has 0 atom stereocenters. The lowest BCUT2D eigenvalue weighted by Gasteiger charge is -2.31. The van der Waals surface area contributed by atoms with Crippen LogP contribution in [0.25, 0.3) is 0 Å². The molecule has 0 aliphatic carbocycles. The third kappa shape index (κ3) is 1.84. The summed E-state index contributed by atoms with van der Waals surface area (Å²) in [6.45, 7) is 5.13. The molecule has 0 aromatic heterocycles. The van der Waals surface area contributed by atoms with Crippen LogP contribution in [0.4, 0.5) is 10.1 Å². The minimum absolute atomic E-state index is 0.133. The molecular formula is C10H11ClFNS. The lowest BCUT2D eigenvalue weighted by Crippen LogP contribution is -2.29. The molecule has 1 heterocycles. The number of benzene rings is 1. The van der Waals surface area contributed by atoms with E-state index in [4.69, 9.17) is 11.6 Å². The van der Waals surface area contributed by atoms with Crippen LogP contribution in [-0.4, -0.2) is 11.3 Å². The van der Waals surface area contributed by atoms with Gasteiger partial charge in [0.2, 0.25) is 0 Å². The van der Waals surface area contributed by atoms with Crippen molar-refractivity contribution in [1.29, 1.82) is 0 Å². The molecule has 14 heavy (non-hydrogen) atoms. The number of thioether (sulfide) groups is 1. The molecule has 1 nitrogen and oxygen atoms in total. The molecule has 0 unspecified atom stereocenters. The Labute approximate surface area is 92.0 Å². The fraction of sp³-hybridized carbons (Fsp3) is 0.400. The third-order valence-electron chi connectivity index (χ3n) is 2.11. The van der Waals surface area contributed by atoms with Crippen molar-refractivity contribution in [1.82, 2.24) is 0 Å². The van der Waals surface area contributed by atoms with Crippen molar-refractivity contribution < 1.29 is 4.39 Å². The van der Waals surface area contributed by atoms with E-state index >= 15 is 0 Å². The van der Waals surface area contributed by atoms with Gasteiger partial charge in [-0.15, -0.1) is 11.8 Å². The van der Waals surface area contributed by atoms with Gasteiger partial charge in [0, 0.05) is 16.2 Å². The van der Waals surface area contributed by atoms with Crippen LogP contribution in [0.1, 0.15) is 13.8 Å². The molecule has 4 heteroatoms. The Morgan fingerprint density at radius 1 is 1.50 bits per heavy atom. The lowest BCUT2D eigenvalue weighted by molar-refractivity contribution is 0.626. The second-order valence-corrected chi connectivity index (χ2v) is 6.13. The summed E-state index contributed by atoms with van der Waals surface area (Å²) in [4.78, 5) is 1.02. The predicted molar refractivity (Wildman–Crippen MR) is 59.8 cm³/mol. The van der Waals surface area contributed by atoms with Crippen molar-refractivity contribution >= 4 is 29.1 Å². The quantitative estimate of drug-likeness (QED) is 0.730. The van der Waals surface area contributed by atoms with E-state index in [9.17, 15) is 4.39 Å². The predicted octanol–water partition coefficient (Wildman–Crippen LogP) is 3.78. The highest BCUT2D eigenvalue weighted by Crippen LogP contribution is 2.42. The van der Waals surface area contributed by atoms with Gasteiger partial charge in [0.15, 0.2) is 0 Å². The van der Waals surface area contributed by atoms with Crippen molar-refractivity contribution in [2.24, 2.45) is 0 Å². The molecule has 2 rings (SSSR count). The van der Waals surface area contributed by atoms with Crippen LogP contribution >= 0.6 is 23.4 Å². The van der Waals surface area contributed by atoms with Crippen LogP contribution in [0.3, 0.4) is 0 Å². The van der Waals surface area contributed by atoms with E-state index in [1.54, 1.807) is 17.8 Å². The molecule has 0 amide bonds. The molecule has 1 aliphatic rings. The van der Waals surface area contributed by atoms with Gasteiger partial charge in [0.05, 0.1) is 10.7 Å². The summed E-state index contributed by atoms with van der Waals surface area (Å²) >= 11 is 7.45. The molecule has 0 radical (unpaired) electrons. The van der Waals surface area contributed by atoms with Gasteiger partial charge in [-0.05, 0) is 26.0 Å². The smallest absolute Gasteiger partial charge is 0.143 e. The van der Waals surface area contributed by atoms with E-state index in [0.29, 0.717) is 0 Å². The third-order valence-corrected chi connectivity index (χ3v) is 3.66. The summed E-state index contributed by atoms with van der Waals surface area (Å²) < 4.78 is 13.3. The maximum atomic E-state index is 13.1. The zero-order chi connectivity index (χ0) is 10.3. The summed E-state index contributed by atoms with van der Waals surface area (Å²) in [5.74, 6) is -0.363. The minimum Gasteiger partial charge on any atom is -0.383 e. The van der Waals surface area contributed by atoms with Gasteiger partial charge in [0.25, 0.3) is 0 Å². The molecule has 1 aromatic carbocycles. The fourth-order valence-electron chi connectivity index (χ4n) is 1.39. The fourth-order valence-corrected chi connectivity index (χ4v) is 2.78. The molecule has 0 spiro atoms. The number of rotatable bonds is 0. The lowest BCUT2D eigenvalue weighted by atomic mass is 10.2. The van der Waals surface area contributed by atoms with Crippen LogP contribution in [0.2, 0.25) is 5.02 Å². The first-order chi connectivity index (χ1) is 6.48. The van der Waals surface area contributed by atoms with Gasteiger partial charge in [0.1, 0.15) is 5.82 Å². The van der Waals surface area contributed by atoms with E-state index in [-0.39, 0.29) is 15.6 Å². The zero-order valence-electron chi connectivity index (χ0n) is 8.03. The van der Waals surface area contributed by atoms with Crippen molar-refractivity contribution in [3.05, 3.63) is 23.0 Å². The summed E-state index contributed by atoms with van der Waals surface area (Å²) in [6, 6.07) is 3.14. The van der Waals surface area contributed by atoms with E-state index in [0.717, 1.165) is 17.1 Å². The van der Waals surface area contributed by atoms with Gasteiger partial charge in [-0.25, -0.2) is 4.39 Å². The van der Waals surface area contributed by atoms with Gasteiger partial charge in [-0.1, -0.05) is 11.6 Å². The summed E-state index contributed by atoms with van der Waals surface area (Å²) in [6.07, 6.45) is 0. The topological polar surface area (TPSA) is 12.0 Å². The summed E-state index contributed by atoms with van der Waals surface area (Å²) in [5, 5.41) is 3.39. The molecule has 1 N–H and O–H groups in total. The van der Waals surface area contributed by atoms with E-state index in [1.165, 1.54) is 6.07 Å². The van der Waals surface area contributed by atoms with Crippen molar-refractivity contribution in [3.63, 3.8) is 0 Å².